The highest BCUT2D eigenvalue weighted by atomic mass is 79.9. The number of nitrogens with one attached hydrogen (secondary N) is 2. The molecule has 1 aliphatic heterocycles. The molecule has 3 aromatic carbocycles. The van der Waals surface area contributed by atoms with Crippen molar-refractivity contribution in [3.63, 3.8) is 0 Å². The smallest absolute Gasteiger partial charge is 0.320 e. The fourth-order valence-corrected chi connectivity index (χ4v) is 3.89. The number of carbonyl (C=O) groups is 2. The summed E-state index contributed by atoms with van der Waals surface area (Å²) < 4.78 is 0.770. The zero-order chi connectivity index (χ0) is 20.2. The second-order valence-corrected chi connectivity index (χ2v) is 7.64. The summed E-state index contributed by atoms with van der Waals surface area (Å²) in [5.74, 6) is -0.150. The van der Waals surface area contributed by atoms with Gasteiger partial charge in [-0.25, -0.2) is 4.79 Å². The van der Waals surface area contributed by atoms with Crippen LogP contribution in [0.1, 0.15) is 17.2 Å². The molecule has 5 nitrogen and oxygen atoms in total. The fraction of sp³-hybridized carbons (Fsp3) is 0.130. The number of halogens is 1. The molecule has 0 bridgehead atoms. The number of hydrogen-bond donors (Lipinski definition) is 2. The molecule has 0 unspecified atom stereocenters. The Labute approximate surface area is 177 Å². The predicted octanol–water partition coefficient (Wildman–Crippen LogP) is 4.90. The van der Waals surface area contributed by atoms with Gasteiger partial charge in [0.1, 0.15) is 6.04 Å². The van der Waals surface area contributed by atoms with E-state index in [1.165, 1.54) is 0 Å². The van der Waals surface area contributed by atoms with Crippen molar-refractivity contribution in [2.24, 2.45) is 0 Å². The number of para-hydroxylation sites is 2. The Kier molecular flexibility index (Phi) is 5.62. The van der Waals surface area contributed by atoms with E-state index in [4.69, 9.17) is 0 Å². The van der Waals surface area contributed by atoms with E-state index in [1.807, 2.05) is 72.8 Å². The van der Waals surface area contributed by atoms with Gasteiger partial charge in [-0.15, -0.1) is 0 Å². The van der Waals surface area contributed by atoms with Crippen LogP contribution in [0.5, 0.6) is 0 Å². The Morgan fingerprint density at radius 3 is 2.38 bits per heavy atom. The molecule has 2 N–H and O–H groups in total. The van der Waals surface area contributed by atoms with Gasteiger partial charge in [0.05, 0.1) is 5.69 Å². The average Bonchev–Trinajstić information content (AvgIpc) is 3.18. The number of nitrogens with zero attached hydrogens (tertiary/aromatic N) is 1. The summed E-state index contributed by atoms with van der Waals surface area (Å²) in [4.78, 5) is 27.9. The van der Waals surface area contributed by atoms with Gasteiger partial charge < -0.3 is 15.5 Å². The van der Waals surface area contributed by atoms with E-state index in [0.29, 0.717) is 12.2 Å². The molecule has 0 radical (unpaired) electrons. The minimum Gasteiger partial charge on any atom is -0.322 e. The van der Waals surface area contributed by atoms with E-state index >= 15 is 0 Å². The van der Waals surface area contributed by atoms with Gasteiger partial charge in [0, 0.05) is 16.7 Å². The summed E-state index contributed by atoms with van der Waals surface area (Å²) in [6, 6.07) is 23.3. The minimum atomic E-state index is -0.787. The van der Waals surface area contributed by atoms with Crippen LogP contribution >= 0.6 is 15.9 Å². The minimum absolute atomic E-state index is 0.150. The molecular formula is C23H20BrN3O2. The third kappa shape index (κ3) is 4.17. The van der Waals surface area contributed by atoms with Crippen LogP contribution in [-0.4, -0.2) is 18.5 Å². The van der Waals surface area contributed by atoms with Crippen molar-refractivity contribution in [1.29, 1.82) is 0 Å². The van der Waals surface area contributed by atoms with Crippen LogP contribution in [0.4, 0.5) is 16.2 Å². The summed E-state index contributed by atoms with van der Waals surface area (Å²) in [6.45, 7) is 0.606. The van der Waals surface area contributed by atoms with Gasteiger partial charge in [0.25, 0.3) is 5.91 Å². The number of fused-ring (bicyclic) bond motifs is 1. The summed E-state index contributed by atoms with van der Waals surface area (Å²) in [5.41, 5.74) is 3.43. The molecule has 3 aromatic rings. The highest BCUT2D eigenvalue weighted by molar-refractivity contribution is 9.10. The molecule has 29 heavy (non-hydrogen) atoms. The lowest BCUT2D eigenvalue weighted by molar-refractivity contribution is -0.120. The molecule has 1 atom stereocenters. The van der Waals surface area contributed by atoms with Crippen LogP contribution in [-0.2, 0) is 11.2 Å². The largest absolute Gasteiger partial charge is 0.322 e. The summed E-state index contributed by atoms with van der Waals surface area (Å²) in [5, 5.41) is 5.66. The van der Waals surface area contributed by atoms with Gasteiger partial charge in [-0.05, 0) is 51.7 Å². The lowest BCUT2D eigenvalue weighted by atomic mass is 10.1. The quantitative estimate of drug-likeness (QED) is 0.594. The summed E-state index contributed by atoms with van der Waals surface area (Å²) in [7, 11) is 0. The zero-order valence-corrected chi connectivity index (χ0v) is 17.2. The van der Waals surface area contributed by atoms with Crippen molar-refractivity contribution >= 4 is 39.2 Å². The average molecular weight is 450 g/mol. The first-order valence-electron chi connectivity index (χ1n) is 9.40. The van der Waals surface area contributed by atoms with Gasteiger partial charge in [0.15, 0.2) is 0 Å². The van der Waals surface area contributed by atoms with Crippen molar-refractivity contribution in [3.05, 3.63) is 94.5 Å². The Balaban J connectivity index is 1.58. The third-order valence-electron chi connectivity index (χ3n) is 4.93. The number of amides is 3. The van der Waals surface area contributed by atoms with Crippen molar-refractivity contribution < 1.29 is 9.59 Å². The number of benzene rings is 3. The van der Waals surface area contributed by atoms with E-state index in [0.717, 1.165) is 27.7 Å². The molecular weight excluding hydrogens is 430 g/mol. The fourth-order valence-electron chi connectivity index (χ4n) is 3.51. The van der Waals surface area contributed by atoms with Crippen LogP contribution in [0.15, 0.2) is 83.3 Å². The van der Waals surface area contributed by atoms with Crippen LogP contribution in [0, 0.1) is 0 Å². The Morgan fingerprint density at radius 2 is 1.59 bits per heavy atom. The maximum absolute atomic E-state index is 13.4. The molecule has 1 heterocycles. The highest BCUT2D eigenvalue weighted by Gasteiger charge is 2.32. The molecule has 3 amide bonds. The van der Waals surface area contributed by atoms with Crippen LogP contribution < -0.4 is 15.5 Å². The number of urea groups is 1. The van der Waals surface area contributed by atoms with Gasteiger partial charge in [0.2, 0.25) is 0 Å². The zero-order valence-electron chi connectivity index (χ0n) is 15.6. The third-order valence-corrected chi connectivity index (χ3v) is 5.62. The number of anilines is 2. The lowest BCUT2D eigenvalue weighted by Crippen LogP contribution is -2.43. The first kappa shape index (κ1) is 19.2. The Bertz CT molecular complexity index is 1040. The monoisotopic (exact) mass is 449 g/mol. The van der Waals surface area contributed by atoms with Gasteiger partial charge in [-0.2, -0.15) is 0 Å². The molecule has 1 aliphatic rings. The molecule has 0 aliphatic carbocycles. The standard InChI is InChI=1S/C23H20BrN3O2/c24-18-11-5-6-12-19(18)25-23(29)26-21(17-9-2-1-3-10-17)22(28)27-15-14-16-8-4-7-13-20(16)27/h1-13,21H,14-15H2,(H2,25,26,29)/t21-/m1/s1. The van der Waals surface area contributed by atoms with Crippen molar-refractivity contribution in [1.82, 2.24) is 5.32 Å². The van der Waals surface area contributed by atoms with Gasteiger partial charge in [-0.3, -0.25) is 4.79 Å². The lowest BCUT2D eigenvalue weighted by Gasteiger charge is -2.25. The number of carbonyl (C=O) groups excluding carboxylic acids is 2. The molecule has 0 saturated heterocycles. The molecule has 0 spiro atoms. The van der Waals surface area contributed by atoms with Crippen LogP contribution in [0.2, 0.25) is 0 Å². The summed E-state index contributed by atoms with van der Waals surface area (Å²) >= 11 is 3.42. The SMILES string of the molecule is O=C(Nc1ccccc1Br)N[C@@H](C(=O)N1CCc2ccccc21)c1ccccc1. The second kappa shape index (κ2) is 8.49. The maximum atomic E-state index is 13.4. The van der Waals surface area contributed by atoms with E-state index < -0.39 is 12.1 Å². The normalized spacial score (nSPS) is 13.5. The molecule has 0 saturated carbocycles. The van der Waals surface area contributed by atoms with Crippen molar-refractivity contribution in [2.45, 2.75) is 12.5 Å². The highest BCUT2D eigenvalue weighted by Crippen LogP contribution is 2.30. The predicted molar refractivity (Wildman–Crippen MR) is 118 cm³/mol. The second-order valence-electron chi connectivity index (χ2n) is 6.79. The van der Waals surface area contributed by atoms with Crippen molar-refractivity contribution in [2.75, 3.05) is 16.8 Å². The van der Waals surface area contributed by atoms with E-state index in [2.05, 4.69) is 26.6 Å². The van der Waals surface area contributed by atoms with Crippen molar-refractivity contribution in [3.8, 4) is 0 Å². The molecule has 0 aromatic heterocycles. The number of rotatable bonds is 4. The molecule has 6 heteroatoms. The van der Waals surface area contributed by atoms with E-state index in [9.17, 15) is 9.59 Å². The van der Waals surface area contributed by atoms with Crippen LogP contribution in [0.3, 0.4) is 0 Å². The molecule has 0 fully saturated rings. The Hall–Kier alpha value is -3.12. The summed E-state index contributed by atoms with van der Waals surface area (Å²) in [6.07, 6.45) is 0.812. The van der Waals surface area contributed by atoms with Gasteiger partial charge >= 0.3 is 6.03 Å². The Morgan fingerprint density at radius 1 is 0.897 bits per heavy atom. The first-order chi connectivity index (χ1) is 14.1. The van der Waals surface area contributed by atoms with Gasteiger partial charge in [-0.1, -0.05) is 60.7 Å². The molecule has 146 valence electrons. The first-order valence-corrected chi connectivity index (χ1v) is 10.2. The topological polar surface area (TPSA) is 61.4 Å². The van der Waals surface area contributed by atoms with Crippen LogP contribution in [0.25, 0.3) is 0 Å². The number of hydrogen-bond acceptors (Lipinski definition) is 2. The maximum Gasteiger partial charge on any atom is 0.320 e. The van der Waals surface area contributed by atoms with E-state index in [-0.39, 0.29) is 5.91 Å². The molecule has 4 rings (SSSR count). The van der Waals surface area contributed by atoms with E-state index in [1.54, 1.807) is 11.0 Å².